The second-order valence-corrected chi connectivity index (χ2v) is 5.25. The van der Waals surface area contributed by atoms with Crippen molar-refractivity contribution in [3.63, 3.8) is 0 Å². The molecule has 1 heterocycles. The Bertz CT molecular complexity index is 795. The van der Waals surface area contributed by atoms with Crippen LogP contribution in [0.25, 0.3) is 11.0 Å². The third-order valence-electron chi connectivity index (χ3n) is 3.50. The van der Waals surface area contributed by atoms with E-state index in [1.807, 2.05) is 31.2 Å². The van der Waals surface area contributed by atoms with Crippen LogP contribution >= 0.6 is 0 Å². The summed E-state index contributed by atoms with van der Waals surface area (Å²) < 4.78 is 31.8. The van der Waals surface area contributed by atoms with Crippen LogP contribution in [-0.4, -0.2) is 0 Å². The number of aryl methyl sites for hydroxylation is 1. The number of furan rings is 1. The van der Waals surface area contributed by atoms with Crippen molar-refractivity contribution in [1.29, 1.82) is 0 Å². The lowest BCUT2D eigenvalue weighted by molar-refractivity contribution is 0.488. The van der Waals surface area contributed by atoms with Crippen molar-refractivity contribution in [2.45, 2.75) is 19.4 Å². The minimum atomic E-state index is -0.861. The van der Waals surface area contributed by atoms with Gasteiger partial charge < -0.3 is 10.2 Å². The molecule has 0 radical (unpaired) electrons. The highest BCUT2D eigenvalue weighted by molar-refractivity contribution is 5.78. The van der Waals surface area contributed by atoms with Crippen LogP contribution in [-0.2, 0) is 6.42 Å². The molecule has 4 heteroatoms. The van der Waals surface area contributed by atoms with Crippen molar-refractivity contribution in [1.82, 2.24) is 0 Å². The van der Waals surface area contributed by atoms with E-state index in [0.717, 1.165) is 22.6 Å². The van der Waals surface area contributed by atoms with Gasteiger partial charge in [-0.25, -0.2) is 8.78 Å². The van der Waals surface area contributed by atoms with Gasteiger partial charge in [0.25, 0.3) is 0 Å². The molecule has 0 bridgehead atoms. The predicted octanol–water partition coefficient (Wildman–Crippen LogP) is 4.26. The normalized spacial score (nSPS) is 12.8. The first-order valence-corrected chi connectivity index (χ1v) is 6.72. The van der Waals surface area contributed by atoms with Gasteiger partial charge in [-0.2, -0.15) is 0 Å². The average molecular weight is 287 g/mol. The van der Waals surface area contributed by atoms with Gasteiger partial charge in [0.15, 0.2) is 11.6 Å². The third-order valence-corrected chi connectivity index (χ3v) is 3.50. The minimum absolute atomic E-state index is 0.385. The Morgan fingerprint density at radius 1 is 1.05 bits per heavy atom. The molecule has 0 aliphatic rings. The summed E-state index contributed by atoms with van der Waals surface area (Å²) >= 11 is 0. The Morgan fingerprint density at radius 2 is 1.86 bits per heavy atom. The fraction of sp³-hybridized carbons (Fsp3) is 0.176. The molecular weight excluding hydrogens is 272 g/mol. The van der Waals surface area contributed by atoms with Gasteiger partial charge in [0, 0.05) is 5.39 Å². The lowest BCUT2D eigenvalue weighted by atomic mass is 10.0. The van der Waals surface area contributed by atoms with Crippen molar-refractivity contribution in [2.75, 3.05) is 0 Å². The van der Waals surface area contributed by atoms with Crippen LogP contribution in [0.1, 0.15) is 22.9 Å². The number of nitrogens with two attached hydrogens (primary N) is 1. The second kappa shape index (κ2) is 5.30. The zero-order valence-corrected chi connectivity index (χ0v) is 11.6. The largest absolute Gasteiger partial charge is 0.459 e. The molecule has 3 rings (SSSR count). The maximum Gasteiger partial charge on any atom is 0.159 e. The zero-order valence-electron chi connectivity index (χ0n) is 11.6. The first-order valence-electron chi connectivity index (χ1n) is 6.72. The number of fused-ring (bicyclic) bond motifs is 1. The van der Waals surface area contributed by atoms with E-state index in [2.05, 4.69) is 0 Å². The molecule has 2 nitrogen and oxygen atoms in total. The molecule has 0 spiro atoms. The highest BCUT2D eigenvalue weighted by atomic mass is 19.2. The van der Waals surface area contributed by atoms with E-state index >= 15 is 0 Å². The van der Waals surface area contributed by atoms with Gasteiger partial charge in [0.05, 0.1) is 6.04 Å². The van der Waals surface area contributed by atoms with Crippen molar-refractivity contribution >= 4 is 11.0 Å². The summed E-state index contributed by atoms with van der Waals surface area (Å²) in [7, 11) is 0. The molecule has 21 heavy (non-hydrogen) atoms. The van der Waals surface area contributed by atoms with Crippen LogP contribution in [0.4, 0.5) is 8.78 Å². The number of hydrogen-bond acceptors (Lipinski definition) is 2. The summed E-state index contributed by atoms with van der Waals surface area (Å²) in [5, 5.41) is 0.991. The summed E-state index contributed by atoms with van der Waals surface area (Å²) in [5.41, 5.74) is 8.66. The Morgan fingerprint density at radius 3 is 2.62 bits per heavy atom. The lowest BCUT2D eigenvalue weighted by Crippen LogP contribution is -2.12. The molecule has 0 aliphatic carbocycles. The van der Waals surface area contributed by atoms with E-state index in [-0.39, 0.29) is 0 Å². The van der Waals surface area contributed by atoms with Crippen LogP contribution in [0.3, 0.4) is 0 Å². The van der Waals surface area contributed by atoms with E-state index in [1.54, 1.807) is 0 Å². The predicted molar refractivity (Wildman–Crippen MR) is 77.9 cm³/mol. The van der Waals surface area contributed by atoms with Crippen LogP contribution in [0.5, 0.6) is 0 Å². The van der Waals surface area contributed by atoms with Gasteiger partial charge in [-0.15, -0.1) is 0 Å². The van der Waals surface area contributed by atoms with Gasteiger partial charge in [-0.1, -0.05) is 17.7 Å². The molecule has 0 fully saturated rings. The van der Waals surface area contributed by atoms with Gasteiger partial charge in [-0.05, 0) is 49.2 Å². The van der Waals surface area contributed by atoms with Crippen molar-refractivity contribution < 1.29 is 13.2 Å². The maximum atomic E-state index is 13.2. The summed E-state index contributed by atoms with van der Waals surface area (Å²) in [4.78, 5) is 0. The molecule has 2 aromatic carbocycles. The molecule has 1 atom stereocenters. The third kappa shape index (κ3) is 2.81. The average Bonchev–Trinajstić information content (AvgIpc) is 2.86. The van der Waals surface area contributed by atoms with E-state index in [9.17, 15) is 8.78 Å². The van der Waals surface area contributed by atoms with Crippen LogP contribution in [0.15, 0.2) is 46.9 Å². The van der Waals surface area contributed by atoms with Gasteiger partial charge in [0.2, 0.25) is 0 Å². The molecule has 1 unspecified atom stereocenters. The standard InChI is InChI=1S/C17H15F2NO/c1-10-2-5-16-12(6-10)9-17(21-16)15(20)8-11-3-4-13(18)14(19)7-11/h2-7,9,15H,8,20H2,1H3. The van der Waals surface area contributed by atoms with Crippen molar-refractivity contribution in [3.8, 4) is 0 Å². The smallest absolute Gasteiger partial charge is 0.159 e. The number of halogens is 2. The lowest BCUT2D eigenvalue weighted by Gasteiger charge is -2.08. The highest BCUT2D eigenvalue weighted by Crippen LogP contribution is 2.26. The minimum Gasteiger partial charge on any atom is -0.459 e. The molecule has 2 N–H and O–H groups in total. The van der Waals surface area contributed by atoms with Crippen molar-refractivity contribution in [3.05, 3.63) is 71.0 Å². The molecule has 108 valence electrons. The first kappa shape index (κ1) is 13.8. The number of rotatable bonds is 3. The van der Waals surface area contributed by atoms with E-state index in [1.165, 1.54) is 12.1 Å². The Hall–Kier alpha value is -2.20. The van der Waals surface area contributed by atoms with Gasteiger partial charge >= 0.3 is 0 Å². The zero-order chi connectivity index (χ0) is 15.0. The molecule has 3 aromatic rings. The molecule has 0 amide bonds. The fourth-order valence-electron chi connectivity index (χ4n) is 2.39. The van der Waals surface area contributed by atoms with Crippen LogP contribution < -0.4 is 5.73 Å². The number of hydrogen-bond donors (Lipinski definition) is 1. The molecule has 0 aliphatic heterocycles. The second-order valence-electron chi connectivity index (χ2n) is 5.25. The Balaban J connectivity index is 1.85. The topological polar surface area (TPSA) is 39.2 Å². The number of benzene rings is 2. The summed E-state index contributed by atoms with van der Waals surface area (Å²) in [6.45, 7) is 2.01. The van der Waals surface area contributed by atoms with Gasteiger partial charge in [0.1, 0.15) is 11.3 Å². The van der Waals surface area contributed by atoms with E-state index in [4.69, 9.17) is 10.2 Å². The van der Waals surface area contributed by atoms with Crippen LogP contribution in [0, 0.1) is 18.6 Å². The Kier molecular flexibility index (Phi) is 3.47. The summed E-state index contributed by atoms with van der Waals surface area (Å²) in [6.07, 6.45) is 0.385. The SMILES string of the molecule is Cc1ccc2oc(C(N)Cc3ccc(F)c(F)c3)cc2c1. The maximum absolute atomic E-state index is 13.2. The molecule has 0 saturated carbocycles. The van der Waals surface area contributed by atoms with Crippen LogP contribution in [0.2, 0.25) is 0 Å². The monoisotopic (exact) mass is 287 g/mol. The van der Waals surface area contributed by atoms with E-state index < -0.39 is 17.7 Å². The molecular formula is C17H15F2NO. The quantitative estimate of drug-likeness (QED) is 0.781. The Labute approximate surface area is 121 Å². The van der Waals surface area contributed by atoms with E-state index in [0.29, 0.717) is 17.7 Å². The molecule has 0 saturated heterocycles. The fourth-order valence-corrected chi connectivity index (χ4v) is 2.39. The first-order chi connectivity index (χ1) is 10.0. The van der Waals surface area contributed by atoms with Crippen molar-refractivity contribution in [2.24, 2.45) is 5.73 Å². The highest BCUT2D eigenvalue weighted by Gasteiger charge is 2.14. The molecule has 1 aromatic heterocycles. The van der Waals surface area contributed by atoms with Gasteiger partial charge in [-0.3, -0.25) is 0 Å². The summed E-state index contributed by atoms with van der Waals surface area (Å²) in [6, 6.07) is 11.2. The summed E-state index contributed by atoms with van der Waals surface area (Å²) in [5.74, 6) is -1.08.